The van der Waals surface area contributed by atoms with Crippen molar-refractivity contribution in [1.82, 2.24) is 9.97 Å². The zero-order valence-electron chi connectivity index (χ0n) is 8.23. The summed E-state index contributed by atoms with van der Waals surface area (Å²) in [5, 5.41) is 13.4. The highest BCUT2D eigenvalue weighted by Gasteiger charge is 1.98. The lowest BCUT2D eigenvalue weighted by atomic mass is 10.3. The summed E-state index contributed by atoms with van der Waals surface area (Å²) in [5.74, 6) is 0.672. The van der Waals surface area contributed by atoms with Crippen LogP contribution in [0.1, 0.15) is 11.3 Å². The van der Waals surface area contributed by atoms with Crippen LogP contribution in [0.2, 0.25) is 0 Å². The van der Waals surface area contributed by atoms with Crippen molar-refractivity contribution in [1.29, 1.82) is 5.26 Å². The van der Waals surface area contributed by atoms with Crippen molar-refractivity contribution < 1.29 is 0 Å². The first-order chi connectivity index (χ1) is 7.78. The second-order valence-corrected chi connectivity index (χ2v) is 3.91. The minimum atomic E-state index is -0.0652. The lowest BCUT2D eigenvalue weighted by molar-refractivity contribution is 1.04. The third-order valence-corrected chi connectivity index (χ3v) is 2.64. The van der Waals surface area contributed by atoms with E-state index in [0.717, 1.165) is 17.0 Å². The van der Waals surface area contributed by atoms with Crippen molar-refractivity contribution in [3.05, 3.63) is 44.6 Å². The van der Waals surface area contributed by atoms with Gasteiger partial charge in [0.15, 0.2) is 0 Å². The van der Waals surface area contributed by atoms with Gasteiger partial charge in [-0.15, -0.1) is 0 Å². The van der Waals surface area contributed by atoms with E-state index in [9.17, 15) is 4.79 Å². The van der Waals surface area contributed by atoms with Crippen LogP contribution >= 0.6 is 11.3 Å². The molecule has 0 atom stereocenters. The fourth-order valence-electron chi connectivity index (χ4n) is 1.15. The predicted octanol–water partition coefficient (Wildman–Crippen LogP) is 1.32. The molecule has 0 saturated heterocycles. The van der Waals surface area contributed by atoms with E-state index in [1.165, 1.54) is 6.20 Å². The topological polar surface area (TPSA) is 81.6 Å². The molecule has 2 N–H and O–H groups in total. The van der Waals surface area contributed by atoms with Crippen LogP contribution in [-0.2, 0) is 6.54 Å². The fourth-order valence-corrected chi connectivity index (χ4v) is 1.73. The van der Waals surface area contributed by atoms with E-state index < -0.39 is 0 Å². The van der Waals surface area contributed by atoms with Crippen molar-refractivity contribution >= 4 is 17.2 Å². The van der Waals surface area contributed by atoms with Crippen molar-refractivity contribution in [2.24, 2.45) is 0 Å². The van der Waals surface area contributed by atoms with Gasteiger partial charge in [0.05, 0.1) is 12.1 Å². The molecule has 2 rings (SSSR count). The summed E-state index contributed by atoms with van der Waals surface area (Å²) < 4.78 is 0. The average molecular weight is 232 g/mol. The molecule has 2 aromatic rings. The highest BCUT2D eigenvalue weighted by Crippen LogP contribution is 2.06. The Bertz CT molecular complexity index is 563. The SMILES string of the molecule is N#Cc1ccc(NCc2csc(=O)[nH]2)nc1. The molecule has 0 bridgehead atoms. The van der Waals surface area contributed by atoms with Gasteiger partial charge in [-0.2, -0.15) is 5.26 Å². The summed E-state index contributed by atoms with van der Waals surface area (Å²) in [6, 6.07) is 5.41. The van der Waals surface area contributed by atoms with Crippen molar-refractivity contribution in [2.45, 2.75) is 6.54 Å². The molecular formula is C10H8N4OS. The number of rotatable bonds is 3. The van der Waals surface area contributed by atoms with Crippen molar-refractivity contribution in [3.8, 4) is 6.07 Å². The summed E-state index contributed by atoms with van der Waals surface area (Å²) in [4.78, 5) is 17.5. The molecule has 0 aliphatic carbocycles. The number of hydrogen-bond acceptors (Lipinski definition) is 5. The monoisotopic (exact) mass is 232 g/mol. The highest BCUT2D eigenvalue weighted by molar-refractivity contribution is 7.07. The summed E-state index contributed by atoms with van der Waals surface area (Å²) >= 11 is 1.13. The first-order valence-corrected chi connectivity index (χ1v) is 5.42. The van der Waals surface area contributed by atoms with Gasteiger partial charge in [0.25, 0.3) is 0 Å². The Morgan fingerprint density at radius 2 is 2.44 bits per heavy atom. The normalized spacial score (nSPS) is 9.69. The number of thiazole rings is 1. The standard InChI is InChI=1S/C10H8N4OS/c11-3-7-1-2-9(12-4-7)13-5-8-6-16-10(15)14-8/h1-2,4,6H,5H2,(H,12,13)(H,14,15). The van der Waals surface area contributed by atoms with Crippen LogP contribution in [-0.4, -0.2) is 9.97 Å². The molecule has 0 aliphatic heterocycles. The molecule has 2 aromatic heterocycles. The molecule has 5 nitrogen and oxygen atoms in total. The number of hydrogen-bond donors (Lipinski definition) is 2. The Labute approximate surface area is 95.4 Å². The largest absolute Gasteiger partial charge is 0.364 e. The minimum Gasteiger partial charge on any atom is -0.364 e. The Hall–Kier alpha value is -2.13. The zero-order chi connectivity index (χ0) is 11.4. The van der Waals surface area contributed by atoms with E-state index in [2.05, 4.69) is 15.3 Å². The summed E-state index contributed by atoms with van der Waals surface area (Å²) in [7, 11) is 0. The van der Waals surface area contributed by atoms with E-state index in [0.29, 0.717) is 17.9 Å². The quantitative estimate of drug-likeness (QED) is 0.836. The molecule has 80 valence electrons. The molecule has 0 spiro atoms. The average Bonchev–Trinajstić information content (AvgIpc) is 2.73. The second-order valence-electron chi connectivity index (χ2n) is 3.07. The van der Waals surface area contributed by atoms with Gasteiger partial charge in [-0.1, -0.05) is 11.3 Å². The maximum absolute atomic E-state index is 10.9. The van der Waals surface area contributed by atoms with Crippen LogP contribution in [0.4, 0.5) is 5.82 Å². The van der Waals surface area contributed by atoms with E-state index >= 15 is 0 Å². The van der Waals surface area contributed by atoms with E-state index in [1.807, 2.05) is 6.07 Å². The lowest BCUT2D eigenvalue weighted by Crippen LogP contribution is -2.03. The number of nitrogens with zero attached hydrogens (tertiary/aromatic N) is 2. The van der Waals surface area contributed by atoms with Crippen LogP contribution in [0.15, 0.2) is 28.5 Å². The Kier molecular flexibility index (Phi) is 2.98. The van der Waals surface area contributed by atoms with Crippen LogP contribution in [0.5, 0.6) is 0 Å². The van der Waals surface area contributed by atoms with Gasteiger partial charge in [0.2, 0.25) is 0 Å². The molecule has 0 fully saturated rings. The summed E-state index contributed by atoms with van der Waals surface area (Å²) in [5.41, 5.74) is 1.34. The number of aromatic amines is 1. The zero-order valence-corrected chi connectivity index (χ0v) is 9.04. The van der Waals surface area contributed by atoms with E-state index in [4.69, 9.17) is 5.26 Å². The molecule has 0 aliphatic rings. The molecule has 6 heteroatoms. The number of anilines is 1. The van der Waals surface area contributed by atoms with Gasteiger partial charge in [-0.25, -0.2) is 4.98 Å². The van der Waals surface area contributed by atoms with Crippen molar-refractivity contribution in [2.75, 3.05) is 5.32 Å². The highest BCUT2D eigenvalue weighted by atomic mass is 32.1. The molecule has 0 radical (unpaired) electrons. The molecule has 2 heterocycles. The van der Waals surface area contributed by atoms with Crippen LogP contribution in [0.3, 0.4) is 0 Å². The molecule has 16 heavy (non-hydrogen) atoms. The Balaban J connectivity index is 2.00. The van der Waals surface area contributed by atoms with Gasteiger partial charge in [0.1, 0.15) is 11.9 Å². The smallest absolute Gasteiger partial charge is 0.304 e. The van der Waals surface area contributed by atoms with Gasteiger partial charge in [-0.3, -0.25) is 4.79 Å². The minimum absolute atomic E-state index is 0.0652. The molecular weight excluding hydrogens is 224 g/mol. The Morgan fingerprint density at radius 3 is 3.00 bits per heavy atom. The third kappa shape index (κ3) is 2.46. The van der Waals surface area contributed by atoms with Crippen molar-refractivity contribution in [3.63, 3.8) is 0 Å². The molecule has 0 aromatic carbocycles. The first kappa shape index (κ1) is 10.4. The Morgan fingerprint density at radius 1 is 1.56 bits per heavy atom. The van der Waals surface area contributed by atoms with E-state index in [-0.39, 0.29) is 4.87 Å². The van der Waals surface area contributed by atoms with Gasteiger partial charge < -0.3 is 10.3 Å². The third-order valence-electron chi connectivity index (χ3n) is 1.92. The molecule has 0 amide bonds. The number of aromatic nitrogens is 2. The van der Waals surface area contributed by atoms with Crippen LogP contribution in [0, 0.1) is 11.3 Å². The van der Waals surface area contributed by atoms with Crippen LogP contribution in [0.25, 0.3) is 0 Å². The number of nitrogens with one attached hydrogen (secondary N) is 2. The van der Waals surface area contributed by atoms with Crippen LogP contribution < -0.4 is 10.2 Å². The van der Waals surface area contributed by atoms with Gasteiger partial charge in [0, 0.05) is 17.3 Å². The van der Waals surface area contributed by atoms with E-state index in [1.54, 1.807) is 17.5 Å². The lowest BCUT2D eigenvalue weighted by Gasteiger charge is -2.02. The molecule has 0 saturated carbocycles. The maximum atomic E-state index is 10.9. The second kappa shape index (κ2) is 4.59. The molecule has 0 unspecified atom stereocenters. The summed E-state index contributed by atoms with van der Waals surface area (Å²) in [6.07, 6.45) is 1.50. The number of H-pyrrole nitrogens is 1. The van der Waals surface area contributed by atoms with Gasteiger partial charge >= 0.3 is 4.87 Å². The predicted molar refractivity (Wildman–Crippen MR) is 61.2 cm³/mol. The number of nitriles is 1. The summed E-state index contributed by atoms with van der Waals surface area (Å²) in [6.45, 7) is 0.512. The number of pyridine rings is 1. The first-order valence-electron chi connectivity index (χ1n) is 4.54. The maximum Gasteiger partial charge on any atom is 0.304 e. The van der Waals surface area contributed by atoms with Gasteiger partial charge in [-0.05, 0) is 12.1 Å². The fraction of sp³-hybridized carbons (Fsp3) is 0.100.